The first kappa shape index (κ1) is 16.9. The normalized spacial score (nSPS) is 14.1. The predicted molar refractivity (Wildman–Crippen MR) is 80.1 cm³/mol. The minimum atomic E-state index is -0.615. The van der Waals surface area contributed by atoms with E-state index in [4.69, 9.17) is 16.3 Å². The van der Waals surface area contributed by atoms with Gasteiger partial charge in [-0.3, -0.25) is 9.69 Å². The predicted octanol–water partition coefficient (Wildman–Crippen LogP) is 1.61. The second-order valence-corrected chi connectivity index (χ2v) is 5.16. The quantitative estimate of drug-likeness (QED) is 0.803. The zero-order valence-electron chi connectivity index (χ0n) is 12.0. The highest BCUT2D eigenvalue weighted by molar-refractivity contribution is 6.30. The molecule has 0 aliphatic rings. The number of anilines is 1. The Morgan fingerprint density at radius 3 is 2.60 bits per heavy atom. The number of nitrogens with zero attached hydrogens (tertiary/aromatic N) is 1. The zero-order chi connectivity index (χ0) is 15.1. The van der Waals surface area contributed by atoms with Crippen LogP contribution in [0.5, 0.6) is 0 Å². The number of methoxy groups -OCH3 is 1. The highest BCUT2D eigenvalue weighted by atomic mass is 35.5. The van der Waals surface area contributed by atoms with Crippen molar-refractivity contribution in [1.82, 2.24) is 4.90 Å². The van der Waals surface area contributed by atoms with Gasteiger partial charge in [-0.15, -0.1) is 0 Å². The fourth-order valence-electron chi connectivity index (χ4n) is 1.72. The van der Waals surface area contributed by atoms with Gasteiger partial charge in [-0.1, -0.05) is 11.6 Å². The lowest BCUT2D eigenvalue weighted by molar-refractivity contribution is -0.120. The molecule has 6 heteroatoms. The Morgan fingerprint density at radius 2 is 2.05 bits per heavy atom. The molecule has 2 atom stereocenters. The number of hydrogen-bond acceptors (Lipinski definition) is 4. The van der Waals surface area contributed by atoms with E-state index in [1.165, 1.54) is 7.11 Å². The molecule has 1 aromatic rings. The average molecular weight is 301 g/mol. The number of carbonyl (C=O) groups excluding carboxylic acids is 1. The van der Waals surface area contributed by atoms with E-state index < -0.39 is 6.10 Å². The number of halogens is 1. The van der Waals surface area contributed by atoms with Crippen LogP contribution < -0.4 is 5.32 Å². The maximum Gasteiger partial charge on any atom is 0.241 e. The van der Waals surface area contributed by atoms with E-state index in [2.05, 4.69) is 5.32 Å². The second-order valence-electron chi connectivity index (χ2n) is 4.72. The molecule has 2 unspecified atom stereocenters. The number of aliphatic hydroxyl groups excluding tert-OH is 1. The molecular formula is C14H21ClN2O3. The lowest BCUT2D eigenvalue weighted by Gasteiger charge is -2.25. The molecule has 112 valence electrons. The van der Waals surface area contributed by atoms with Crippen molar-refractivity contribution in [1.29, 1.82) is 0 Å². The third kappa shape index (κ3) is 5.46. The fraction of sp³-hybridized carbons (Fsp3) is 0.500. The fourth-order valence-corrected chi connectivity index (χ4v) is 1.84. The average Bonchev–Trinajstić information content (AvgIpc) is 2.40. The number of hydrogen-bond donors (Lipinski definition) is 2. The molecule has 0 aliphatic heterocycles. The van der Waals surface area contributed by atoms with E-state index >= 15 is 0 Å². The van der Waals surface area contributed by atoms with Crippen LogP contribution in [0.3, 0.4) is 0 Å². The summed E-state index contributed by atoms with van der Waals surface area (Å²) in [5.74, 6) is -0.139. The summed E-state index contributed by atoms with van der Waals surface area (Å²) in [6.07, 6.45) is -0.615. The van der Waals surface area contributed by atoms with Crippen LogP contribution in [0.1, 0.15) is 6.92 Å². The Morgan fingerprint density at radius 1 is 1.45 bits per heavy atom. The van der Waals surface area contributed by atoms with Crippen molar-refractivity contribution in [2.45, 2.75) is 19.1 Å². The van der Waals surface area contributed by atoms with Crippen LogP contribution in [-0.2, 0) is 9.53 Å². The Hall–Kier alpha value is -1.14. The van der Waals surface area contributed by atoms with Crippen LogP contribution in [0.2, 0.25) is 5.02 Å². The molecule has 0 radical (unpaired) electrons. The van der Waals surface area contributed by atoms with Crippen molar-refractivity contribution in [2.24, 2.45) is 0 Å². The largest absolute Gasteiger partial charge is 0.389 e. The van der Waals surface area contributed by atoms with Gasteiger partial charge in [-0.25, -0.2) is 0 Å². The molecule has 1 amide bonds. The molecule has 0 bridgehead atoms. The van der Waals surface area contributed by atoms with E-state index in [1.54, 1.807) is 43.1 Å². The van der Waals surface area contributed by atoms with Gasteiger partial charge in [0.1, 0.15) is 0 Å². The molecule has 0 aromatic heterocycles. The summed E-state index contributed by atoms with van der Waals surface area (Å²) in [5, 5.41) is 13.1. The zero-order valence-corrected chi connectivity index (χ0v) is 12.7. The van der Waals surface area contributed by atoms with Crippen molar-refractivity contribution in [3.63, 3.8) is 0 Å². The molecule has 0 saturated heterocycles. The van der Waals surface area contributed by atoms with Crippen LogP contribution in [-0.4, -0.2) is 55.4 Å². The molecule has 1 rings (SSSR count). The highest BCUT2D eigenvalue weighted by Crippen LogP contribution is 2.14. The van der Waals surface area contributed by atoms with Gasteiger partial charge in [-0.05, 0) is 38.2 Å². The van der Waals surface area contributed by atoms with Gasteiger partial charge in [-0.2, -0.15) is 0 Å². The Balaban J connectivity index is 2.51. The van der Waals surface area contributed by atoms with Crippen LogP contribution >= 0.6 is 11.6 Å². The van der Waals surface area contributed by atoms with Gasteiger partial charge in [0.15, 0.2) is 0 Å². The lowest BCUT2D eigenvalue weighted by Crippen LogP contribution is -2.44. The van der Waals surface area contributed by atoms with E-state index in [9.17, 15) is 9.90 Å². The standard InChI is InChI=1S/C14H21ClN2O3/c1-10(17(2)8-13(18)9-20-3)14(19)16-12-6-4-11(15)5-7-12/h4-7,10,13,18H,8-9H2,1-3H3,(H,16,19). The number of likely N-dealkylation sites (N-methyl/N-ethyl adjacent to an activating group) is 1. The van der Waals surface area contributed by atoms with Gasteiger partial charge in [0, 0.05) is 24.4 Å². The van der Waals surface area contributed by atoms with Gasteiger partial charge < -0.3 is 15.2 Å². The smallest absolute Gasteiger partial charge is 0.241 e. The molecule has 0 heterocycles. The van der Waals surface area contributed by atoms with Crippen LogP contribution in [0.4, 0.5) is 5.69 Å². The molecule has 2 N–H and O–H groups in total. The Bertz CT molecular complexity index is 425. The summed E-state index contributed by atoms with van der Waals surface area (Å²) in [7, 11) is 3.31. The summed E-state index contributed by atoms with van der Waals surface area (Å²) < 4.78 is 4.86. The van der Waals surface area contributed by atoms with Crippen molar-refractivity contribution >= 4 is 23.2 Å². The lowest BCUT2D eigenvalue weighted by atomic mass is 10.2. The molecule has 20 heavy (non-hydrogen) atoms. The summed E-state index contributed by atoms with van der Waals surface area (Å²) in [5.41, 5.74) is 0.692. The monoisotopic (exact) mass is 300 g/mol. The first-order valence-electron chi connectivity index (χ1n) is 6.37. The van der Waals surface area contributed by atoms with Gasteiger partial charge in [0.05, 0.1) is 18.8 Å². The molecule has 1 aromatic carbocycles. The molecule has 0 aliphatic carbocycles. The third-order valence-corrected chi connectivity index (χ3v) is 3.26. The van der Waals surface area contributed by atoms with E-state index in [1.807, 2.05) is 0 Å². The van der Waals surface area contributed by atoms with Crippen molar-refractivity contribution in [2.75, 3.05) is 32.6 Å². The molecule has 5 nitrogen and oxygen atoms in total. The van der Waals surface area contributed by atoms with Gasteiger partial charge in [0.2, 0.25) is 5.91 Å². The SMILES string of the molecule is COCC(O)CN(C)C(C)C(=O)Nc1ccc(Cl)cc1. The first-order chi connectivity index (χ1) is 9.43. The topological polar surface area (TPSA) is 61.8 Å². The minimum absolute atomic E-state index is 0.139. The number of amides is 1. The van der Waals surface area contributed by atoms with Crippen molar-refractivity contribution < 1.29 is 14.6 Å². The van der Waals surface area contributed by atoms with Crippen molar-refractivity contribution in [3.8, 4) is 0 Å². The number of aliphatic hydroxyl groups is 1. The maximum absolute atomic E-state index is 12.1. The minimum Gasteiger partial charge on any atom is -0.389 e. The van der Waals surface area contributed by atoms with Crippen LogP contribution in [0.15, 0.2) is 24.3 Å². The summed E-state index contributed by atoms with van der Waals surface area (Å²) in [6, 6.07) is 6.55. The number of nitrogens with one attached hydrogen (secondary N) is 1. The third-order valence-electron chi connectivity index (χ3n) is 3.01. The molecule has 0 saturated carbocycles. The summed E-state index contributed by atoms with van der Waals surface area (Å²) >= 11 is 5.79. The maximum atomic E-state index is 12.1. The molecule has 0 fully saturated rings. The van der Waals surface area contributed by atoms with E-state index in [0.29, 0.717) is 17.3 Å². The number of rotatable bonds is 7. The first-order valence-corrected chi connectivity index (χ1v) is 6.75. The van der Waals surface area contributed by atoms with E-state index in [-0.39, 0.29) is 18.6 Å². The number of ether oxygens (including phenoxy) is 1. The number of benzene rings is 1. The number of carbonyl (C=O) groups is 1. The Labute approximate surface area is 124 Å². The summed E-state index contributed by atoms with van der Waals surface area (Å²) in [6.45, 7) is 2.39. The highest BCUT2D eigenvalue weighted by Gasteiger charge is 2.20. The Kier molecular flexibility index (Phi) is 6.95. The van der Waals surface area contributed by atoms with E-state index in [0.717, 1.165) is 0 Å². The van der Waals surface area contributed by atoms with Crippen LogP contribution in [0.25, 0.3) is 0 Å². The van der Waals surface area contributed by atoms with Gasteiger partial charge >= 0.3 is 0 Å². The molecule has 0 spiro atoms. The van der Waals surface area contributed by atoms with Crippen LogP contribution in [0, 0.1) is 0 Å². The second kappa shape index (κ2) is 8.21. The molecular weight excluding hydrogens is 280 g/mol. The van der Waals surface area contributed by atoms with Gasteiger partial charge in [0.25, 0.3) is 0 Å². The van der Waals surface area contributed by atoms with Crippen molar-refractivity contribution in [3.05, 3.63) is 29.3 Å². The summed E-state index contributed by atoms with van der Waals surface area (Å²) in [4.78, 5) is 13.9.